The normalized spacial score (nSPS) is 8.29. The van der Waals surface area contributed by atoms with Gasteiger partial charge in [-0.15, -0.1) is 0 Å². The van der Waals surface area contributed by atoms with Gasteiger partial charge >= 0.3 is 16.5 Å². The van der Waals surface area contributed by atoms with Gasteiger partial charge in [-0.3, -0.25) is 8.42 Å². The van der Waals surface area contributed by atoms with Gasteiger partial charge in [0.15, 0.2) is 0 Å². The van der Waals surface area contributed by atoms with Gasteiger partial charge in [0.05, 0.1) is 0 Å². The molecular formula is H4NiO4SSi. The van der Waals surface area contributed by atoms with Gasteiger partial charge in [0.1, 0.15) is 0 Å². The summed E-state index contributed by atoms with van der Waals surface area (Å²) in [7, 11) is -5.17. The van der Waals surface area contributed by atoms with Crippen LogP contribution in [0.5, 0.6) is 0 Å². The van der Waals surface area contributed by atoms with E-state index in [1.54, 1.807) is 0 Å². The first-order valence-electron chi connectivity index (χ1n) is 0.667. The van der Waals surface area contributed by atoms with Gasteiger partial charge in [-0.2, -0.15) is 0 Å². The molecule has 48 valence electrons. The largest absolute Gasteiger partial charge is 2.00 e. The topological polar surface area (TPSA) is 80.3 Å². The molecule has 0 N–H and O–H groups in total. The Morgan fingerprint density at radius 2 is 1.14 bits per heavy atom. The van der Waals surface area contributed by atoms with Crippen molar-refractivity contribution in [3.63, 3.8) is 0 Å². The summed E-state index contributed by atoms with van der Waals surface area (Å²) in [5, 5.41) is 0. The second kappa shape index (κ2) is 4.73. The van der Waals surface area contributed by atoms with Crippen LogP contribution in [0, 0.1) is 0 Å². The molecule has 0 saturated carbocycles. The van der Waals surface area contributed by atoms with Crippen molar-refractivity contribution in [2.75, 3.05) is 0 Å². The molecule has 0 aliphatic rings. The Labute approximate surface area is 55.8 Å². The summed E-state index contributed by atoms with van der Waals surface area (Å²) in [4.78, 5) is 0. The molecule has 0 aliphatic carbocycles. The Bertz CT molecular complexity index is 94.9. The van der Waals surface area contributed by atoms with Gasteiger partial charge < -0.3 is 9.11 Å². The van der Waals surface area contributed by atoms with E-state index in [2.05, 4.69) is 0 Å². The predicted molar refractivity (Wildman–Crippen MR) is 21.8 cm³/mol. The molecule has 0 aromatic heterocycles. The molecule has 0 fully saturated rings. The Balaban J connectivity index is -0.0000000800. The summed E-state index contributed by atoms with van der Waals surface area (Å²) in [5.41, 5.74) is 0. The fourth-order valence-electron chi connectivity index (χ4n) is 0. The molecule has 0 amide bonds. The van der Waals surface area contributed by atoms with Crippen LogP contribution in [-0.2, 0) is 26.9 Å². The minimum absolute atomic E-state index is 0. The third-order valence-corrected chi connectivity index (χ3v) is 0. The monoisotopic (exact) mass is 186 g/mol. The molecule has 7 heteroatoms. The Hall–Kier alpha value is 0.580. The van der Waals surface area contributed by atoms with Crippen molar-refractivity contribution < 1.29 is 34.0 Å². The van der Waals surface area contributed by atoms with Gasteiger partial charge in [0.2, 0.25) is 0 Å². The number of hydrogen-bond acceptors (Lipinski definition) is 4. The van der Waals surface area contributed by atoms with Crippen molar-refractivity contribution in [1.29, 1.82) is 0 Å². The van der Waals surface area contributed by atoms with Crippen LogP contribution in [0.15, 0.2) is 0 Å². The van der Waals surface area contributed by atoms with E-state index < -0.39 is 10.4 Å². The summed E-state index contributed by atoms with van der Waals surface area (Å²) >= 11 is 0. The van der Waals surface area contributed by atoms with E-state index in [-0.39, 0.29) is 27.5 Å². The molecule has 0 aliphatic heterocycles. The first kappa shape index (κ1) is 15.6. The van der Waals surface area contributed by atoms with Crippen molar-refractivity contribution in [2.24, 2.45) is 0 Å². The molecule has 0 aromatic carbocycles. The maximum Gasteiger partial charge on any atom is 2.00 e. The second-order valence-electron chi connectivity index (χ2n) is 0.408. The van der Waals surface area contributed by atoms with Crippen LogP contribution < -0.4 is 0 Å². The van der Waals surface area contributed by atoms with E-state index >= 15 is 0 Å². The molecule has 0 aromatic rings. The Kier molecular flexibility index (Phi) is 10.6. The average Bonchev–Trinajstić information content (AvgIpc) is 0.722. The molecule has 0 radical (unpaired) electrons. The Morgan fingerprint density at radius 1 is 1.14 bits per heavy atom. The quantitative estimate of drug-likeness (QED) is 0.233. The molecule has 0 spiro atoms. The average molecular weight is 187 g/mol. The van der Waals surface area contributed by atoms with Gasteiger partial charge in [-0.05, 0) is 11.0 Å². The van der Waals surface area contributed by atoms with E-state index in [1.165, 1.54) is 0 Å². The zero-order valence-electron chi connectivity index (χ0n) is 2.36. The fraction of sp³-hybridized carbons (Fsp3) is 0. The zero-order chi connectivity index (χ0) is 4.50. The molecule has 4 nitrogen and oxygen atoms in total. The van der Waals surface area contributed by atoms with Crippen LogP contribution in [0.4, 0.5) is 0 Å². The molecule has 0 heterocycles. The van der Waals surface area contributed by atoms with Crippen LogP contribution in [0.25, 0.3) is 0 Å². The summed E-state index contributed by atoms with van der Waals surface area (Å²) < 4.78 is 34.1. The van der Waals surface area contributed by atoms with Crippen LogP contribution in [-0.4, -0.2) is 28.5 Å². The smallest absolute Gasteiger partial charge is 0.759 e. The van der Waals surface area contributed by atoms with Gasteiger partial charge in [0, 0.05) is 10.4 Å². The molecular weight excluding hydrogens is 183 g/mol. The summed E-state index contributed by atoms with van der Waals surface area (Å²) in [6.45, 7) is 0. The minimum atomic E-state index is -5.17. The van der Waals surface area contributed by atoms with Crippen LogP contribution in [0.2, 0.25) is 0 Å². The molecule has 0 bridgehead atoms. The number of rotatable bonds is 0. The standard InChI is InChI=1S/Ni.H2O4S.H4Si/c;1-5(2,3)4;/h;(H2,1,2,3,4);1H4/q+2;;/p-2. The van der Waals surface area contributed by atoms with E-state index in [0.717, 1.165) is 0 Å². The fourth-order valence-corrected chi connectivity index (χ4v) is 0. The first-order valence-corrected chi connectivity index (χ1v) is 2.00. The van der Waals surface area contributed by atoms with Crippen LogP contribution in [0.1, 0.15) is 0 Å². The maximum absolute atomic E-state index is 8.52. The second-order valence-corrected chi connectivity index (χ2v) is 1.22. The van der Waals surface area contributed by atoms with Crippen molar-refractivity contribution in [1.82, 2.24) is 0 Å². The minimum Gasteiger partial charge on any atom is -0.759 e. The molecule has 0 rings (SSSR count). The molecule has 0 atom stereocenters. The summed E-state index contributed by atoms with van der Waals surface area (Å²) in [5.74, 6) is 0. The Morgan fingerprint density at radius 3 is 1.14 bits per heavy atom. The third-order valence-electron chi connectivity index (χ3n) is 0. The zero-order valence-corrected chi connectivity index (χ0v) is 4.16. The number of hydrogen-bond donors (Lipinski definition) is 0. The van der Waals surface area contributed by atoms with Crippen molar-refractivity contribution in [3.05, 3.63) is 0 Å². The molecule has 0 saturated heterocycles. The van der Waals surface area contributed by atoms with E-state index in [4.69, 9.17) is 17.5 Å². The summed E-state index contributed by atoms with van der Waals surface area (Å²) in [6, 6.07) is 0. The van der Waals surface area contributed by atoms with E-state index in [9.17, 15) is 0 Å². The SMILES string of the molecule is O=S(=O)([O-])[O-].[Ni+2].[SiH4]. The van der Waals surface area contributed by atoms with Gasteiger partial charge in [0.25, 0.3) is 0 Å². The van der Waals surface area contributed by atoms with Crippen molar-refractivity contribution >= 4 is 21.4 Å². The summed E-state index contributed by atoms with van der Waals surface area (Å²) in [6.07, 6.45) is 0. The van der Waals surface area contributed by atoms with E-state index in [0.29, 0.717) is 0 Å². The van der Waals surface area contributed by atoms with Gasteiger partial charge in [-0.1, -0.05) is 0 Å². The first-order chi connectivity index (χ1) is 2.00. The van der Waals surface area contributed by atoms with Gasteiger partial charge in [-0.25, -0.2) is 0 Å². The van der Waals surface area contributed by atoms with Crippen molar-refractivity contribution in [3.8, 4) is 0 Å². The predicted octanol–water partition coefficient (Wildman–Crippen LogP) is -2.79. The van der Waals surface area contributed by atoms with E-state index in [1.807, 2.05) is 0 Å². The third kappa shape index (κ3) is 410. The van der Waals surface area contributed by atoms with Crippen LogP contribution in [0.3, 0.4) is 0 Å². The van der Waals surface area contributed by atoms with Crippen LogP contribution >= 0.6 is 0 Å². The molecule has 0 unspecified atom stereocenters. The van der Waals surface area contributed by atoms with Crippen molar-refractivity contribution in [2.45, 2.75) is 0 Å². The molecule has 7 heavy (non-hydrogen) atoms. The maximum atomic E-state index is 8.52.